The van der Waals surface area contributed by atoms with Gasteiger partial charge >= 0.3 is 0 Å². The van der Waals surface area contributed by atoms with Crippen molar-refractivity contribution in [3.63, 3.8) is 0 Å². The summed E-state index contributed by atoms with van der Waals surface area (Å²) in [6.45, 7) is 0. The Labute approximate surface area is 117 Å². The Hall–Kier alpha value is -1.63. The van der Waals surface area contributed by atoms with Gasteiger partial charge in [-0.25, -0.2) is 23.0 Å². The second-order valence-corrected chi connectivity index (χ2v) is 4.47. The summed E-state index contributed by atoms with van der Waals surface area (Å²) in [5.41, 5.74) is 1.76. The van der Waals surface area contributed by atoms with E-state index in [2.05, 4.69) is 5.43 Å². The Balaban J connectivity index is 2.58. The van der Waals surface area contributed by atoms with Crippen molar-refractivity contribution in [3.8, 4) is 0 Å². The lowest BCUT2D eigenvalue weighted by Crippen LogP contribution is -2.30. The smallest absolute Gasteiger partial charge is 0.194 e. The first-order valence-electron chi connectivity index (χ1n) is 5.50. The van der Waals surface area contributed by atoms with E-state index in [1.165, 1.54) is 12.1 Å². The number of halogens is 5. The van der Waals surface area contributed by atoms with Crippen LogP contribution in [0.4, 0.5) is 17.6 Å². The molecule has 20 heavy (non-hydrogen) atoms. The van der Waals surface area contributed by atoms with Crippen LogP contribution in [0.3, 0.4) is 0 Å². The average Bonchev–Trinajstić information content (AvgIpc) is 2.43. The Bertz CT molecular complexity index is 649. The van der Waals surface area contributed by atoms with Crippen LogP contribution in [0.5, 0.6) is 0 Å². The molecule has 2 aromatic rings. The molecular weight excluding hydrogens is 296 g/mol. The fraction of sp³-hybridized carbons (Fsp3) is 0.0769. The molecule has 2 aromatic carbocycles. The van der Waals surface area contributed by atoms with Gasteiger partial charge in [-0.2, -0.15) is 0 Å². The summed E-state index contributed by atoms with van der Waals surface area (Å²) < 4.78 is 53.7. The summed E-state index contributed by atoms with van der Waals surface area (Å²) >= 11 is 5.74. The lowest BCUT2D eigenvalue weighted by atomic mass is 9.98. The van der Waals surface area contributed by atoms with Crippen molar-refractivity contribution in [1.82, 2.24) is 5.43 Å². The van der Waals surface area contributed by atoms with Crippen molar-refractivity contribution in [2.75, 3.05) is 0 Å². The highest BCUT2D eigenvalue weighted by molar-refractivity contribution is 6.30. The van der Waals surface area contributed by atoms with Crippen molar-refractivity contribution in [2.24, 2.45) is 5.84 Å². The molecule has 1 atom stereocenters. The molecule has 0 aliphatic rings. The van der Waals surface area contributed by atoms with Crippen molar-refractivity contribution in [2.45, 2.75) is 6.04 Å². The molecule has 0 amide bonds. The van der Waals surface area contributed by atoms with Crippen molar-refractivity contribution in [3.05, 3.63) is 69.8 Å². The minimum Gasteiger partial charge on any atom is -0.271 e. The first-order chi connectivity index (χ1) is 9.45. The van der Waals surface area contributed by atoms with Crippen molar-refractivity contribution >= 4 is 11.6 Å². The Morgan fingerprint density at radius 3 is 2.20 bits per heavy atom. The molecule has 106 valence electrons. The van der Waals surface area contributed by atoms with Gasteiger partial charge in [0.15, 0.2) is 17.5 Å². The maximum absolute atomic E-state index is 13.8. The molecule has 2 nitrogen and oxygen atoms in total. The highest BCUT2D eigenvalue weighted by Gasteiger charge is 2.23. The second kappa shape index (κ2) is 5.78. The zero-order chi connectivity index (χ0) is 14.9. The van der Waals surface area contributed by atoms with Gasteiger partial charge < -0.3 is 0 Å². The molecule has 2 rings (SSSR count). The van der Waals surface area contributed by atoms with Gasteiger partial charge in [0.05, 0.1) is 6.04 Å². The Kier molecular flexibility index (Phi) is 4.27. The van der Waals surface area contributed by atoms with Gasteiger partial charge in [-0.05, 0) is 24.3 Å². The first-order valence-corrected chi connectivity index (χ1v) is 5.88. The SMILES string of the molecule is NNC(c1cc(Cl)ccc1F)c1ccc(F)c(F)c1F. The Morgan fingerprint density at radius 1 is 0.900 bits per heavy atom. The molecule has 0 aliphatic carbocycles. The van der Waals surface area contributed by atoms with Crippen LogP contribution in [-0.2, 0) is 0 Å². The van der Waals surface area contributed by atoms with E-state index in [-0.39, 0.29) is 16.1 Å². The number of nitrogens with two attached hydrogens (primary N) is 1. The zero-order valence-electron chi connectivity index (χ0n) is 9.93. The number of benzene rings is 2. The largest absolute Gasteiger partial charge is 0.271 e. The number of rotatable bonds is 3. The van der Waals surface area contributed by atoms with E-state index < -0.39 is 29.3 Å². The molecule has 0 fully saturated rings. The van der Waals surface area contributed by atoms with E-state index >= 15 is 0 Å². The van der Waals surface area contributed by atoms with Gasteiger partial charge in [0.25, 0.3) is 0 Å². The van der Waals surface area contributed by atoms with Crippen molar-refractivity contribution in [1.29, 1.82) is 0 Å². The molecule has 3 N–H and O–H groups in total. The first kappa shape index (κ1) is 14.8. The fourth-order valence-electron chi connectivity index (χ4n) is 1.85. The van der Waals surface area contributed by atoms with Gasteiger partial charge in [0.2, 0.25) is 0 Å². The third-order valence-electron chi connectivity index (χ3n) is 2.81. The third-order valence-corrected chi connectivity index (χ3v) is 3.05. The van der Waals surface area contributed by atoms with Crippen LogP contribution in [0.1, 0.15) is 17.2 Å². The predicted octanol–water partition coefficient (Wildman–Crippen LogP) is 3.45. The van der Waals surface area contributed by atoms with Gasteiger partial charge in [-0.1, -0.05) is 17.7 Å². The summed E-state index contributed by atoms with van der Waals surface area (Å²) in [6.07, 6.45) is 0. The molecular formula is C13H9ClF4N2. The number of hydrogen-bond donors (Lipinski definition) is 2. The van der Waals surface area contributed by atoms with Crippen LogP contribution in [0, 0.1) is 23.3 Å². The molecule has 0 saturated carbocycles. The average molecular weight is 305 g/mol. The molecule has 0 spiro atoms. The van der Waals surface area contributed by atoms with Crippen LogP contribution in [0.2, 0.25) is 5.02 Å². The van der Waals surface area contributed by atoms with Gasteiger partial charge in [-0.15, -0.1) is 0 Å². The van der Waals surface area contributed by atoms with Crippen molar-refractivity contribution < 1.29 is 17.6 Å². The second-order valence-electron chi connectivity index (χ2n) is 4.03. The molecule has 0 saturated heterocycles. The molecule has 0 radical (unpaired) electrons. The lowest BCUT2D eigenvalue weighted by molar-refractivity contribution is 0.431. The highest BCUT2D eigenvalue weighted by Crippen LogP contribution is 2.29. The lowest BCUT2D eigenvalue weighted by Gasteiger charge is -2.18. The third kappa shape index (κ3) is 2.63. The monoisotopic (exact) mass is 304 g/mol. The fourth-order valence-corrected chi connectivity index (χ4v) is 2.03. The maximum atomic E-state index is 13.8. The van der Waals surface area contributed by atoms with Crippen LogP contribution in [0.25, 0.3) is 0 Å². The quantitative estimate of drug-likeness (QED) is 0.394. The van der Waals surface area contributed by atoms with E-state index in [1.807, 2.05) is 0 Å². The minimum absolute atomic E-state index is 0.0788. The van der Waals surface area contributed by atoms with E-state index in [0.29, 0.717) is 0 Å². The van der Waals surface area contributed by atoms with Crippen LogP contribution in [0.15, 0.2) is 30.3 Å². The zero-order valence-corrected chi connectivity index (χ0v) is 10.7. The van der Waals surface area contributed by atoms with Gasteiger partial charge in [-0.3, -0.25) is 5.84 Å². The van der Waals surface area contributed by atoms with E-state index in [1.54, 1.807) is 0 Å². The number of hydrogen-bond acceptors (Lipinski definition) is 2. The van der Waals surface area contributed by atoms with Crippen LogP contribution in [-0.4, -0.2) is 0 Å². The molecule has 0 aromatic heterocycles. The van der Waals surface area contributed by atoms with E-state index in [4.69, 9.17) is 17.4 Å². The Morgan fingerprint density at radius 2 is 1.55 bits per heavy atom. The van der Waals surface area contributed by atoms with Gasteiger partial charge in [0, 0.05) is 16.1 Å². The molecule has 7 heteroatoms. The highest BCUT2D eigenvalue weighted by atomic mass is 35.5. The summed E-state index contributed by atoms with van der Waals surface area (Å²) in [5, 5.41) is 0.199. The summed E-state index contributed by atoms with van der Waals surface area (Å²) in [7, 11) is 0. The normalized spacial score (nSPS) is 12.5. The summed E-state index contributed by atoms with van der Waals surface area (Å²) in [6, 6.07) is 4.11. The topological polar surface area (TPSA) is 38.0 Å². The van der Waals surface area contributed by atoms with Gasteiger partial charge in [0.1, 0.15) is 5.82 Å². The van der Waals surface area contributed by atoms with Crippen LogP contribution < -0.4 is 11.3 Å². The minimum atomic E-state index is -1.65. The van der Waals surface area contributed by atoms with Crippen LogP contribution >= 0.6 is 11.6 Å². The molecule has 0 bridgehead atoms. The standard InChI is InChI=1S/C13H9ClF4N2/c14-6-1-3-9(15)8(5-6)13(20-19)7-2-4-10(16)12(18)11(7)17/h1-5,13,20H,19H2. The molecule has 0 aliphatic heterocycles. The molecule has 0 heterocycles. The maximum Gasteiger partial charge on any atom is 0.194 e. The molecule has 1 unspecified atom stereocenters. The number of hydrazine groups is 1. The summed E-state index contributed by atoms with van der Waals surface area (Å²) in [5.74, 6) is 0.138. The van der Waals surface area contributed by atoms with E-state index in [9.17, 15) is 17.6 Å². The van der Waals surface area contributed by atoms with E-state index in [0.717, 1.165) is 18.2 Å². The summed E-state index contributed by atoms with van der Waals surface area (Å²) in [4.78, 5) is 0. The number of nitrogens with one attached hydrogen (secondary N) is 1. The predicted molar refractivity (Wildman–Crippen MR) is 66.9 cm³/mol.